The van der Waals surface area contributed by atoms with E-state index in [1.165, 1.54) is 5.56 Å². The summed E-state index contributed by atoms with van der Waals surface area (Å²) in [6, 6.07) is 11.8. The van der Waals surface area contributed by atoms with Crippen molar-refractivity contribution in [3.8, 4) is 5.75 Å². The Balaban J connectivity index is 1.59. The first-order valence-corrected chi connectivity index (χ1v) is 9.43. The summed E-state index contributed by atoms with van der Waals surface area (Å²) in [7, 11) is 1.93. The number of carboxylic acid groups (broad SMARTS) is 1. The van der Waals surface area contributed by atoms with Crippen LogP contribution in [0.5, 0.6) is 5.75 Å². The molecule has 144 valence electrons. The number of carboxylic acids is 1. The van der Waals surface area contributed by atoms with Crippen LogP contribution < -0.4 is 9.64 Å². The van der Waals surface area contributed by atoms with E-state index < -0.39 is 5.97 Å². The summed E-state index contributed by atoms with van der Waals surface area (Å²) in [4.78, 5) is 20.2. The lowest BCUT2D eigenvalue weighted by Gasteiger charge is -2.27. The number of anilines is 1. The molecule has 27 heavy (non-hydrogen) atoms. The summed E-state index contributed by atoms with van der Waals surface area (Å²) in [6.07, 6.45) is 3.64. The Hall–Kier alpha value is -2.60. The summed E-state index contributed by atoms with van der Waals surface area (Å²) in [6.45, 7) is 5.59. The quantitative estimate of drug-likeness (QED) is 0.770. The van der Waals surface area contributed by atoms with Gasteiger partial charge in [-0.05, 0) is 42.7 Å². The van der Waals surface area contributed by atoms with Crippen molar-refractivity contribution >= 4 is 11.8 Å². The minimum Gasteiger partial charge on any atom is -0.494 e. The van der Waals surface area contributed by atoms with Gasteiger partial charge in [-0.15, -0.1) is 0 Å². The number of benzene rings is 1. The maximum atomic E-state index is 11.5. The van der Waals surface area contributed by atoms with Crippen molar-refractivity contribution in [2.45, 2.75) is 32.4 Å². The second kappa shape index (κ2) is 8.86. The molecule has 1 fully saturated rings. The Morgan fingerprint density at radius 2 is 2.11 bits per heavy atom. The van der Waals surface area contributed by atoms with Crippen molar-refractivity contribution in [3.63, 3.8) is 0 Å². The third kappa shape index (κ3) is 4.77. The molecular formula is C21H27N3O3. The predicted molar refractivity (Wildman–Crippen MR) is 106 cm³/mol. The van der Waals surface area contributed by atoms with Crippen molar-refractivity contribution in [3.05, 3.63) is 53.7 Å². The molecule has 1 N–H and O–H groups in total. The zero-order chi connectivity index (χ0) is 19.2. The van der Waals surface area contributed by atoms with Crippen LogP contribution in [0.1, 0.15) is 35.7 Å². The van der Waals surface area contributed by atoms with Crippen molar-refractivity contribution in [2.24, 2.45) is 0 Å². The average Bonchev–Trinajstić information content (AvgIpc) is 3.15. The average molecular weight is 369 g/mol. The molecule has 1 saturated heterocycles. The van der Waals surface area contributed by atoms with Gasteiger partial charge in [-0.2, -0.15) is 0 Å². The molecular weight excluding hydrogens is 342 g/mol. The van der Waals surface area contributed by atoms with E-state index in [1.807, 2.05) is 24.1 Å². The molecule has 0 unspecified atom stereocenters. The molecule has 1 aromatic carbocycles. The fraction of sp³-hybridized carbons (Fsp3) is 0.429. The lowest BCUT2D eigenvalue weighted by Crippen LogP contribution is -2.36. The Morgan fingerprint density at radius 3 is 2.81 bits per heavy atom. The van der Waals surface area contributed by atoms with Crippen molar-refractivity contribution in [1.29, 1.82) is 0 Å². The Morgan fingerprint density at radius 1 is 1.33 bits per heavy atom. The van der Waals surface area contributed by atoms with Crippen LogP contribution in [0.2, 0.25) is 0 Å². The van der Waals surface area contributed by atoms with E-state index in [0.29, 0.717) is 5.82 Å². The molecule has 0 bridgehead atoms. The molecule has 1 aliphatic heterocycles. The van der Waals surface area contributed by atoms with Crippen LogP contribution >= 0.6 is 0 Å². The molecule has 1 aromatic heterocycles. The fourth-order valence-corrected chi connectivity index (χ4v) is 3.46. The van der Waals surface area contributed by atoms with Crippen LogP contribution in [0.4, 0.5) is 5.82 Å². The maximum absolute atomic E-state index is 11.5. The third-order valence-corrected chi connectivity index (χ3v) is 4.95. The first kappa shape index (κ1) is 19.2. The van der Waals surface area contributed by atoms with Gasteiger partial charge in [-0.3, -0.25) is 4.90 Å². The van der Waals surface area contributed by atoms with Gasteiger partial charge in [0.25, 0.3) is 0 Å². The molecule has 0 amide bonds. The number of likely N-dealkylation sites (tertiary alicyclic amines) is 1. The van der Waals surface area contributed by atoms with Gasteiger partial charge in [0.1, 0.15) is 17.1 Å². The van der Waals surface area contributed by atoms with Crippen molar-refractivity contribution in [1.82, 2.24) is 9.88 Å². The molecule has 1 atom stereocenters. The minimum atomic E-state index is -0.940. The number of hydrogen-bond acceptors (Lipinski definition) is 5. The molecule has 0 radical (unpaired) electrons. The Bertz CT molecular complexity index is 764. The molecule has 2 aromatic rings. The summed E-state index contributed by atoms with van der Waals surface area (Å²) in [5.74, 6) is 0.510. The summed E-state index contributed by atoms with van der Waals surface area (Å²) in [5.41, 5.74) is 1.51. The lowest BCUT2D eigenvalue weighted by molar-refractivity contribution is 0.0697. The number of likely N-dealkylation sites (N-methyl/N-ethyl adjacent to an activating group) is 1. The van der Waals surface area contributed by atoms with Crippen LogP contribution in [0.15, 0.2) is 42.6 Å². The molecule has 2 heterocycles. The second-order valence-corrected chi connectivity index (χ2v) is 6.96. The van der Waals surface area contributed by atoms with E-state index in [0.717, 1.165) is 44.8 Å². The highest BCUT2D eigenvalue weighted by Crippen LogP contribution is 2.24. The highest BCUT2D eigenvalue weighted by Gasteiger charge is 2.28. The topological polar surface area (TPSA) is 65.9 Å². The van der Waals surface area contributed by atoms with Gasteiger partial charge in [-0.1, -0.05) is 19.1 Å². The first-order valence-electron chi connectivity index (χ1n) is 9.43. The summed E-state index contributed by atoms with van der Waals surface area (Å²) < 4.78 is 5.63. The van der Waals surface area contributed by atoms with E-state index in [1.54, 1.807) is 18.3 Å². The predicted octanol–water partition coefficient (Wildman–Crippen LogP) is 3.28. The van der Waals surface area contributed by atoms with Crippen LogP contribution in [-0.2, 0) is 6.54 Å². The minimum absolute atomic E-state index is 0.251. The van der Waals surface area contributed by atoms with Gasteiger partial charge < -0.3 is 14.7 Å². The van der Waals surface area contributed by atoms with Crippen molar-refractivity contribution < 1.29 is 14.6 Å². The van der Waals surface area contributed by atoms with Gasteiger partial charge in [0.15, 0.2) is 0 Å². The zero-order valence-corrected chi connectivity index (χ0v) is 16.0. The van der Waals surface area contributed by atoms with Gasteiger partial charge in [0.2, 0.25) is 0 Å². The molecule has 6 nitrogen and oxygen atoms in total. The number of rotatable bonds is 8. The third-order valence-electron chi connectivity index (χ3n) is 4.95. The van der Waals surface area contributed by atoms with Crippen molar-refractivity contribution in [2.75, 3.05) is 31.6 Å². The van der Waals surface area contributed by atoms with E-state index >= 15 is 0 Å². The molecule has 0 spiro atoms. The smallest absolute Gasteiger partial charge is 0.339 e. The Labute approximate surface area is 160 Å². The van der Waals surface area contributed by atoms with Gasteiger partial charge in [0.05, 0.1) is 6.61 Å². The molecule has 0 aliphatic carbocycles. The van der Waals surface area contributed by atoms with E-state index in [4.69, 9.17) is 4.74 Å². The molecule has 1 aliphatic rings. The number of carbonyl (C=O) groups is 1. The van der Waals surface area contributed by atoms with Crippen LogP contribution in [-0.4, -0.2) is 53.7 Å². The number of pyridine rings is 1. The number of aromatic nitrogens is 1. The monoisotopic (exact) mass is 369 g/mol. The van der Waals surface area contributed by atoms with Crippen LogP contribution in [0.3, 0.4) is 0 Å². The number of aromatic carboxylic acids is 1. The number of hydrogen-bond donors (Lipinski definition) is 1. The highest BCUT2D eigenvalue weighted by molar-refractivity contribution is 5.93. The summed E-state index contributed by atoms with van der Waals surface area (Å²) in [5, 5.41) is 9.39. The van der Waals surface area contributed by atoms with Crippen LogP contribution in [0.25, 0.3) is 0 Å². The normalized spacial score (nSPS) is 17.0. The SMILES string of the molecule is CCCOc1ccc(CN2CC[C@H](N(C)c3ncccc3C(=O)O)C2)cc1. The second-order valence-electron chi connectivity index (χ2n) is 6.96. The maximum Gasteiger partial charge on any atom is 0.339 e. The van der Waals surface area contributed by atoms with Gasteiger partial charge in [-0.25, -0.2) is 9.78 Å². The van der Waals surface area contributed by atoms with E-state index in [9.17, 15) is 9.90 Å². The van der Waals surface area contributed by atoms with Gasteiger partial charge >= 0.3 is 5.97 Å². The van der Waals surface area contributed by atoms with E-state index in [-0.39, 0.29) is 11.6 Å². The standard InChI is InChI=1S/C21H27N3O3/c1-3-13-27-18-8-6-16(7-9-18)14-24-12-10-17(15-24)23(2)20-19(21(25)26)5-4-11-22-20/h4-9,11,17H,3,10,12-15H2,1-2H3,(H,25,26)/t17-/m0/s1. The Kier molecular flexibility index (Phi) is 6.29. The van der Waals surface area contributed by atoms with Gasteiger partial charge in [0, 0.05) is 38.9 Å². The fourth-order valence-electron chi connectivity index (χ4n) is 3.46. The molecule has 6 heteroatoms. The summed E-state index contributed by atoms with van der Waals surface area (Å²) >= 11 is 0. The zero-order valence-electron chi connectivity index (χ0n) is 16.0. The lowest BCUT2D eigenvalue weighted by atomic mass is 10.2. The van der Waals surface area contributed by atoms with Crippen LogP contribution in [0, 0.1) is 0 Å². The number of ether oxygens (including phenoxy) is 1. The number of nitrogens with zero attached hydrogens (tertiary/aromatic N) is 3. The largest absolute Gasteiger partial charge is 0.494 e. The van der Waals surface area contributed by atoms with E-state index in [2.05, 4.69) is 28.9 Å². The first-order chi connectivity index (χ1) is 13.1. The molecule has 0 saturated carbocycles. The molecule has 3 rings (SSSR count). The highest BCUT2D eigenvalue weighted by atomic mass is 16.5.